The van der Waals surface area contributed by atoms with E-state index in [-0.39, 0.29) is 0 Å². The van der Waals surface area contributed by atoms with Crippen LogP contribution in [0.5, 0.6) is 46.0 Å². The summed E-state index contributed by atoms with van der Waals surface area (Å²) >= 11 is 0. The summed E-state index contributed by atoms with van der Waals surface area (Å²) in [5, 5.41) is 12.1. The van der Waals surface area contributed by atoms with Crippen LogP contribution in [0.15, 0.2) is 309 Å². The number of rotatable bonds is 26. The molecule has 12 aromatic carbocycles. The molecule has 0 unspecified atom stereocenters. The van der Waals surface area contributed by atoms with Gasteiger partial charge in [0.1, 0.15) is 87.2 Å². The molecule has 99 heavy (non-hydrogen) atoms. The Labute approximate surface area is 579 Å². The van der Waals surface area contributed by atoms with Crippen LogP contribution in [-0.2, 0) is 62.3 Å². The highest BCUT2D eigenvalue weighted by Crippen LogP contribution is 2.50. The Morgan fingerprint density at radius 3 is 1.06 bits per heavy atom. The molecule has 11 nitrogen and oxygen atoms in total. The monoisotopic (exact) mass is 1310 g/mol. The van der Waals surface area contributed by atoms with Gasteiger partial charge in [-0.05, 0) is 130 Å². The van der Waals surface area contributed by atoms with Gasteiger partial charge in [0.05, 0.1) is 17.7 Å². The average molecular weight is 1310 g/mol. The zero-order chi connectivity index (χ0) is 67.4. The molecule has 0 saturated carbocycles. The predicted octanol–water partition coefficient (Wildman–Crippen LogP) is 19.9. The predicted molar refractivity (Wildman–Crippen MR) is 386 cm³/mol. The van der Waals surface area contributed by atoms with E-state index in [1.165, 1.54) is 0 Å². The number of aliphatic hydroxyl groups is 1. The third kappa shape index (κ3) is 17.8. The van der Waals surface area contributed by atoms with Crippen LogP contribution in [0.3, 0.4) is 0 Å². The van der Waals surface area contributed by atoms with Gasteiger partial charge in [0.25, 0.3) is 0 Å². The molecule has 0 aromatic heterocycles. The summed E-state index contributed by atoms with van der Waals surface area (Å²) in [4.78, 5) is 0. The molecule has 4 atom stereocenters. The van der Waals surface area contributed by atoms with E-state index in [0.29, 0.717) is 98.7 Å². The Morgan fingerprint density at radius 2 is 0.636 bits per heavy atom. The van der Waals surface area contributed by atoms with Crippen molar-refractivity contribution in [2.75, 3.05) is 0 Å². The first kappa shape index (κ1) is 66.1. The van der Waals surface area contributed by atoms with E-state index >= 15 is 0 Å². The van der Waals surface area contributed by atoms with Crippen molar-refractivity contribution in [3.8, 4) is 46.0 Å². The lowest BCUT2D eigenvalue weighted by Gasteiger charge is -2.38. The minimum Gasteiger partial charge on any atom is -0.489 e. The van der Waals surface area contributed by atoms with Gasteiger partial charge in [-0.25, -0.2) is 0 Å². The lowest BCUT2D eigenvalue weighted by molar-refractivity contribution is -0.117. The van der Waals surface area contributed by atoms with Crippen LogP contribution in [0.1, 0.15) is 96.2 Å². The van der Waals surface area contributed by atoms with E-state index in [1.54, 1.807) is 0 Å². The van der Waals surface area contributed by atoms with E-state index in [4.69, 9.17) is 47.4 Å². The number of benzene rings is 12. The molecule has 2 heterocycles. The smallest absolute Gasteiger partial charge is 0.181 e. The summed E-state index contributed by atoms with van der Waals surface area (Å²) in [6.45, 7) is 7.10. The van der Waals surface area contributed by atoms with Crippen molar-refractivity contribution in [2.24, 2.45) is 0 Å². The molecule has 1 N–H and O–H groups in total. The van der Waals surface area contributed by atoms with Crippen LogP contribution < -0.4 is 37.9 Å². The summed E-state index contributed by atoms with van der Waals surface area (Å²) in [5.41, 5.74) is 13.5. The number of aryl methyl sites for hydroxylation is 2. The summed E-state index contributed by atoms with van der Waals surface area (Å²) in [7, 11) is 0. The van der Waals surface area contributed by atoms with Crippen LogP contribution in [0.4, 0.5) is 0 Å². The molecular formula is C88H78O11. The van der Waals surface area contributed by atoms with E-state index in [9.17, 15) is 5.11 Å². The maximum absolute atomic E-state index is 12.1. The van der Waals surface area contributed by atoms with Gasteiger partial charge in [-0.3, -0.25) is 0 Å². The number of aliphatic hydroxyl groups excluding tert-OH is 1. The molecule has 0 saturated heterocycles. The fourth-order valence-corrected chi connectivity index (χ4v) is 11.8. The summed E-state index contributed by atoms with van der Waals surface area (Å²) in [6.07, 6.45) is -0.935. The van der Waals surface area contributed by atoms with E-state index in [2.05, 4.69) is 30.3 Å². The number of hydrogen-bond acceptors (Lipinski definition) is 11. The van der Waals surface area contributed by atoms with Crippen molar-refractivity contribution in [3.05, 3.63) is 387 Å². The molecule has 0 spiro atoms. The highest BCUT2D eigenvalue weighted by molar-refractivity contribution is 5.70. The van der Waals surface area contributed by atoms with Gasteiger partial charge in [0.2, 0.25) is 0 Å². The highest BCUT2D eigenvalue weighted by atomic mass is 16.6. The number of fused-ring (bicyclic) bond motifs is 2. The molecule has 0 fully saturated rings. The van der Waals surface area contributed by atoms with Gasteiger partial charge in [0, 0.05) is 5.56 Å². The van der Waals surface area contributed by atoms with Gasteiger partial charge in [-0.15, -0.1) is 0 Å². The number of hydrogen-bond donors (Lipinski definition) is 1. The van der Waals surface area contributed by atoms with Crippen LogP contribution in [-0.4, -0.2) is 11.2 Å². The molecule has 14 rings (SSSR count). The zero-order valence-corrected chi connectivity index (χ0v) is 55.4. The van der Waals surface area contributed by atoms with Crippen LogP contribution >= 0.6 is 0 Å². The second-order valence-electron chi connectivity index (χ2n) is 24.5. The molecule has 2 aliphatic heterocycles. The van der Waals surface area contributed by atoms with Gasteiger partial charge < -0.3 is 52.5 Å². The molecule has 0 bridgehead atoms. The molecule has 12 aromatic rings. The summed E-state index contributed by atoms with van der Waals surface area (Å²) in [6, 6.07) is 100. The van der Waals surface area contributed by atoms with E-state index < -0.39 is 24.4 Å². The van der Waals surface area contributed by atoms with Crippen molar-refractivity contribution in [1.82, 2.24) is 0 Å². The van der Waals surface area contributed by atoms with Crippen molar-refractivity contribution in [1.29, 1.82) is 0 Å². The van der Waals surface area contributed by atoms with Gasteiger partial charge in [-0.2, -0.15) is 0 Å². The van der Waals surface area contributed by atoms with E-state index in [0.717, 1.165) is 83.8 Å². The highest BCUT2D eigenvalue weighted by Gasteiger charge is 2.42. The average Bonchev–Trinajstić information content (AvgIpc) is 0.764. The Balaban J connectivity index is 0.000000178. The Kier molecular flexibility index (Phi) is 22.0. The topological polar surface area (TPSA) is 113 Å². The normalized spacial score (nSPS) is 15.0. The third-order valence-corrected chi connectivity index (χ3v) is 17.0. The second kappa shape index (κ2) is 33.0. The first-order chi connectivity index (χ1) is 48.8. The molecule has 2 aliphatic rings. The standard InChI is InChI=1S/C44H40O6.C44H38O5/c1-31-24-39(48-29-34-18-10-4-11-19-34)41-40(25-31)50-43(44(42(41)45)49-30-35-20-12-5-13-21-35)36-22-23-37(46-27-32-14-6-2-7-15-32)38(26-36)47-28-33-16-8-3-9-17-33;1-32-24-40(46-29-34-16-8-3-9-17-34)38-27-43(48-31-36-20-12-5-13-21-36)44(49-41(38)25-32)37-22-23-39(45-28-33-14-6-2-7-15-33)42(26-37)47-30-35-18-10-4-11-19-35/h2-26,42-45H,27-30H2,1H3;2-27,44H,28-31H2,1H3/t42-,43+,44-;44-/m01/s1. The summed E-state index contributed by atoms with van der Waals surface area (Å²) < 4.78 is 64.9. The third-order valence-electron chi connectivity index (χ3n) is 17.0. The molecule has 11 heteroatoms. The number of ether oxygens (including phenoxy) is 10. The molecular weight excluding hydrogens is 1230 g/mol. The van der Waals surface area contributed by atoms with Crippen molar-refractivity contribution in [3.63, 3.8) is 0 Å². The lowest BCUT2D eigenvalue weighted by Crippen LogP contribution is -2.37. The van der Waals surface area contributed by atoms with Crippen LogP contribution in [0.2, 0.25) is 0 Å². The minimum absolute atomic E-state index is 0.291. The SMILES string of the molecule is Cc1cc(OCc2ccccc2)c2c(c1)O[C@H](c1ccc(OCc3ccccc3)c(OCc3ccccc3)c1)C(OCc1ccccc1)=C2.Cc1cc(OCc2ccccc2)c2c(c1)O[C@H](c1ccc(OCc3ccccc3)c(OCc3ccccc3)c1)[C@@H](OCc1ccccc1)[C@H]2O. The second-order valence-corrected chi connectivity index (χ2v) is 24.5. The fourth-order valence-electron chi connectivity index (χ4n) is 11.8. The maximum atomic E-state index is 12.1. The van der Waals surface area contributed by atoms with E-state index in [1.807, 2.05) is 293 Å². The Bertz CT molecular complexity index is 4540. The Hall–Kier alpha value is -11.5. The van der Waals surface area contributed by atoms with Gasteiger partial charge >= 0.3 is 0 Å². The maximum Gasteiger partial charge on any atom is 0.181 e. The van der Waals surface area contributed by atoms with Gasteiger partial charge in [0.15, 0.2) is 35.2 Å². The van der Waals surface area contributed by atoms with Gasteiger partial charge in [-0.1, -0.05) is 255 Å². The van der Waals surface area contributed by atoms with Crippen LogP contribution in [0.25, 0.3) is 6.08 Å². The first-order valence-corrected chi connectivity index (χ1v) is 33.4. The molecule has 496 valence electrons. The quantitative estimate of drug-likeness (QED) is 0.0559. The minimum atomic E-state index is -1.04. The summed E-state index contributed by atoms with van der Waals surface area (Å²) in [5.74, 6) is 5.75. The fraction of sp³-hybridized carbons (Fsp3) is 0.159. The van der Waals surface area contributed by atoms with Crippen molar-refractivity contribution >= 4 is 6.08 Å². The molecule has 0 amide bonds. The first-order valence-electron chi connectivity index (χ1n) is 33.4. The lowest BCUT2D eigenvalue weighted by atomic mass is 9.90. The van der Waals surface area contributed by atoms with Crippen molar-refractivity contribution in [2.45, 2.75) is 91.1 Å². The molecule has 0 radical (unpaired) electrons. The zero-order valence-electron chi connectivity index (χ0n) is 55.4. The van der Waals surface area contributed by atoms with Crippen molar-refractivity contribution < 1.29 is 52.5 Å². The largest absolute Gasteiger partial charge is 0.489 e. The molecule has 0 aliphatic carbocycles. The Morgan fingerprint density at radius 1 is 0.303 bits per heavy atom. The van der Waals surface area contributed by atoms with Crippen LogP contribution in [0, 0.1) is 13.8 Å².